The Kier molecular flexibility index (Phi) is 3.16. The van der Waals surface area contributed by atoms with E-state index in [1.54, 1.807) is 0 Å². The SMILES string of the molecule is CNc1cc2cn(C3CCCCC3)nc2cc1Cl. The Morgan fingerprint density at radius 1 is 1.28 bits per heavy atom. The summed E-state index contributed by atoms with van der Waals surface area (Å²) in [5.41, 5.74) is 1.96. The summed E-state index contributed by atoms with van der Waals surface area (Å²) in [4.78, 5) is 0. The molecule has 1 aliphatic rings. The molecule has 0 aliphatic heterocycles. The lowest BCUT2D eigenvalue weighted by atomic mass is 9.96. The molecule has 1 fully saturated rings. The molecule has 3 nitrogen and oxygen atoms in total. The molecular weight excluding hydrogens is 246 g/mol. The van der Waals surface area contributed by atoms with Gasteiger partial charge in [0.1, 0.15) is 0 Å². The molecule has 1 aliphatic carbocycles. The highest BCUT2D eigenvalue weighted by Gasteiger charge is 2.16. The number of nitrogens with one attached hydrogen (secondary N) is 1. The Bertz CT molecular complexity index is 555. The van der Waals surface area contributed by atoms with E-state index in [2.05, 4.69) is 27.4 Å². The van der Waals surface area contributed by atoms with Gasteiger partial charge in [-0.05, 0) is 25.0 Å². The van der Waals surface area contributed by atoms with Crippen LogP contribution in [0.5, 0.6) is 0 Å². The maximum atomic E-state index is 6.19. The zero-order chi connectivity index (χ0) is 12.5. The van der Waals surface area contributed by atoms with Gasteiger partial charge in [0.25, 0.3) is 0 Å². The molecule has 1 aromatic heterocycles. The van der Waals surface area contributed by atoms with Crippen LogP contribution in [0.4, 0.5) is 5.69 Å². The molecule has 0 bridgehead atoms. The summed E-state index contributed by atoms with van der Waals surface area (Å²) in [6, 6.07) is 4.59. The normalized spacial score (nSPS) is 17.2. The number of anilines is 1. The van der Waals surface area contributed by atoms with Crippen molar-refractivity contribution in [3.63, 3.8) is 0 Å². The summed E-state index contributed by atoms with van der Waals surface area (Å²) in [6.07, 6.45) is 8.67. The van der Waals surface area contributed by atoms with Gasteiger partial charge < -0.3 is 5.32 Å². The second-order valence-electron chi connectivity index (χ2n) is 5.04. The second-order valence-corrected chi connectivity index (χ2v) is 5.45. The quantitative estimate of drug-likeness (QED) is 0.878. The van der Waals surface area contributed by atoms with E-state index in [0.29, 0.717) is 6.04 Å². The fourth-order valence-electron chi connectivity index (χ4n) is 2.79. The van der Waals surface area contributed by atoms with Gasteiger partial charge in [0.15, 0.2) is 0 Å². The maximum absolute atomic E-state index is 6.19. The number of hydrogen-bond donors (Lipinski definition) is 1. The summed E-state index contributed by atoms with van der Waals surface area (Å²) < 4.78 is 2.14. The van der Waals surface area contributed by atoms with Gasteiger partial charge in [-0.15, -0.1) is 0 Å². The van der Waals surface area contributed by atoms with Crippen molar-refractivity contribution in [1.82, 2.24) is 9.78 Å². The van der Waals surface area contributed by atoms with Crippen molar-refractivity contribution < 1.29 is 0 Å². The molecular formula is C14H18ClN3. The molecule has 18 heavy (non-hydrogen) atoms. The van der Waals surface area contributed by atoms with Crippen LogP contribution in [0.1, 0.15) is 38.1 Å². The molecule has 1 saturated carbocycles. The van der Waals surface area contributed by atoms with Crippen LogP contribution in [0.3, 0.4) is 0 Å². The minimum absolute atomic E-state index is 0.572. The van der Waals surface area contributed by atoms with E-state index in [1.165, 1.54) is 32.1 Å². The van der Waals surface area contributed by atoms with Crippen molar-refractivity contribution in [2.24, 2.45) is 0 Å². The molecule has 1 N–H and O–H groups in total. The summed E-state index contributed by atoms with van der Waals surface area (Å²) in [6.45, 7) is 0. The lowest BCUT2D eigenvalue weighted by Gasteiger charge is -2.21. The lowest BCUT2D eigenvalue weighted by Crippen LogP contribution is -2.12. The molecule has 3 rings (SSSR count). The van der Waals surface area contributed by atoms with Crippen molar-refractivity contribution >= 4 is 28.2 Å². The molecule has 4 heteroatoms. The molecule has 1 heterocycles. The zero-order valence-electron chi connectivity index (χ0n) is 10.6. The smallest absolute Gasteiger partial charge is 0.0939 e. The van der Waals surface area contributed by atoms with E-state index in [4.69, 9.17) is 11.6 Å². The highest BCUT2D eigenvalue weighted by molar-refractivity contribution is 6.34. The number of halogens is 1. The predicted octanol–water partition coefficient (Wildman–Crippen LogP) is 4.24. The van der Waals surface area contributed by atoms with Gasteiger partial charge in [-0.3, -0.25) is 4.68 Å². The fraction of sp³-hybridized carbons (Fsp3) is 0.500. The highest BCUT2D eigenvalue weighted by Crippen LogP contribution is 2.31. The molecule has 0 saturated heterocycles. The van der Waals surface area contributed by atoms with Crippen LogP contribution in [-0.2, 0) is 0 Å². The van der Waals surface area contributed by atoms with E-state index < -0.39 is 0 Å². The summed E-state index contributed by atoms with van der Waals surface area (Å²) in [5.74, 6) is 0. The third kappa shape index (κ3) is 2.07. The van der Waals surface area contributed by atoms with E-state index in [0.717, 1.165) is 21.6 Å². The number of benzene rings is 1. The van der Waals surface area contributed by atoms with Crippen LogP contribution >= 0.6 is 11.6 Å². The molecule has 0 atom stereocenters. The third-order valence-electron chi connectivity index (χ3n) is 3.83. The van der Waals surface area contributed by atoms with Gasteiger partial charge in [0.05, 0.1) is 22.3 Å². The summed E-state index contributed by atoms with van der Waals surface area (Å²) in [5, 5.41) is 9.68. The first kappa shape index (κ1) is 11.8. The largest absolute Gasteiger partial charge is 0.387 e. The number of aromatic nitrogens is 2. The maximum Gasteiger partial charge on any atom is 0.0939 e. The zero-order valence-corrected chi connectivity index (χ0v) is 11.4. The minimum atomic E-state index is 0.572. The van der Waals surface area contributed by atoms with Gasteiger partial charge in [-0.25, -0.2) is 0 Å². The van der Waals surface area contributed by atoms with Crippen molar-refractivity contribution in [3.05, 3.63) is 23.4 Å². The van der Waals surface area contributed by atoms with E-state index in [9.17, 15) is 0 Å². The molecule has 0 unspecified atom stereocenters. The lowest BCUT2D eigenvalue weighted by molar-refractivity contribution is 0.331. The first-order chi connectivity index (χ1) is 8.78. The standard InChI is InChI=1S/C14H18ClN3/c1-16-14-7-10-9-18(11-5-3-2-4-6-11)17-13(10)8-12(14)15/h7-9,11,16H,2-6H2,1H3. The van der Waals surface area contributed by atoms with E-state index >= 15 is 0 Å². The first-order valence-electron chi connectivity index (χ1n) is 6.64. The van der Waals surface area contributed by atoms with Crippen molar-refractivity contribution in [3.8, 4) is 0 Å². The second kappa shape index (κ2) is 4.81. The topological polar surface area (TPSA) is 29.9 Å². The molecule has 0 amide bonds. The molecule has 2 aromatic rings. The molecule has 0 spiro atoms. The van der Waals surface area contributed by atoms with Crippen molar-refractivity contribution in [2.75, 3.05) is 12.4 Å². The van der Waals surface area contributed by atoms with Crippen molar-refractivity contribution in [2.45, 2.75) is 38.1 Å². The Morgan fingerprint density at radius 3 is 2.78 bits per heavy atom. The van der Waals surface area contributed by atoms with E-state index in [-0.39, 0.29) is 0 Å². The van der Waals surface area contributed by atoms with Gasteiger partial charge >= 0.3 is 0 Å². The van der Waals surface area contributed by atoms with Crippen LogP contribution < -0.4 is 5.32 Å². The Morgan fingerprint density at radius 2 is 2.06 bits per heavy atom. The van der Waals surface area contributed by atoms with Crippen LogP contribution in [0.2, 0.25) is 5.02 Å². The number of hydrogen-bond acceptors (Lipinski definition) is 2. The van der Waals surface area contributed by atoms with Crippen LogP contribution in [0.25, 0.3) is 10.9 Å². The van der Waals surface area contributed by atoms with Gasteiger partial charge in [-0.2, -0.15) is 5.10 Å². The Labute approximate surface area is 112 Å². The van der Waals surface area contributed by atoms with Crippen LogP contribution in [0.15, 0.2) is 18.3 Å². The van der Waals surface area contributed by atoms with Gasteiger partial charge in [0, 0.05) is 18.6 Å². The van der Waals surface area contributed by atoms with Gasteiger partial charge in [-0.1, -0.05) is 30.9 Å². The fourth-order valence-corrected chi connectivity index (χ4v) is 3.04. The Hall–Kier alpha value is -1.22. The number of fused-ring (bicyclic) bond motifs is 1. The van der Waals surface area contributed by atoms with Crippen LogP contribution in [0, 0.1) is 0 Å². The number of rotatable bonds is 2. The van der Waals surface area contributed by atoms with Gasteiger partial charge in [0.2, 0.25) is 0 Å². The van der Waals surface area contributed by atoms with Crippen LogP contribution in [-0.4, -0.2) is 16.8 Å². The number of nitrogens with zero attached hydrogens (tertiary/aromatic N) is 2. The third-order valence-corrected chi connectivity index (χ3v) is 4.14. The predicted molar refractivity (Wildman–Crippen MR) is 76.4 cm³/mol. The Balaban J connectivity index is 1.99. The van der Waals surface area contributed by atoms with E-state index in [1.807, 2.05) is 13.1 Å². The minimum Gasteiger partial charge on any atom is -0.387 e. The highest BCUT2D eigenvalue weighted by atomic mass is 35.5. The molecule has 96 valence electrons. The summed E-state index contributed by atoms with van der Waals surface area (Å²) in [7, 11) is 1.89. The first-order valence-corrected chi connectivity index (χ1v) is 7.02. The average Bonchev–Trinajstić information content (AvgIpc) is 2.81. The molecule has 1 aromatic carbocycles. The van der Waals surface area contributed by atoms with Crippen molar-refractivity contribution in [1.29, 1.82) is 0 Å². The molecule has 0 radical (unpaired) electrons. The summed E-state index contributed by atoms with van der Waals surface area (Å²) >= 11 is 6.19. The average molecular weight is 264 g/mol. The monoisotopic (exact) mass is 263 g/mol.